The van der Waals surface area contributed by atoms with Crippen molar-refractivity contribution in [1.82, 2.24) is 4.90 Å². The van der Waals surface area contributed by atoms with Crippen LogP contribution < -0.4 is 5.73 Å². The number of ether oxygens (including phenoxy) is 1. The number of nitrogens with zero attached hydrogens (tertiary/aromatic N) is 1. The van der Waals surface area contributed by atoms with Crippen LogP contribution in [0.1, 0.15) is 33.6 Å². The molecule has 2 atom stereocenters. The first kappa shape index (κ1) is 13.3. The molecule has 0 aromatic carbocycles. The van der Waals surface area contributed by atoms with E-state index in [4.69, 9.17) is 10.5 Å². The molecule has 1 aliphatic rings. The summed E-state index contributed by atoms with van der Waals surface area (Å²) in [5.74, 6) is 0. The van der Waals surface area contributed by atoms with Crippen LogP contribution in [0, 0.1) is 0 Å². The van der Waals surface area contributed by atoms with E-state index in [0.29, 0.717) is 6.54 Å². The summed E-state index contributed by atoms with van der Waals surface area (Å²) in [5.41, 5.74) is 4.91. The van der Waals surface area contributed by atoms with Crippen molar-refractivity contribution >= 4 is 6.09 Å². The molecule has 1 saturated heterocycles. The fraction of sp³-hybridized carbons (Fsp3) is 0.909. The molecule has 0 radical (unpaired) electrons. The second-order valence-electron chi connectivity index (χ2n) is 5.19. The molecule has 0 aromatic rings. The van der Waals surface area contributed by atoms with E-state index in [-0.39, 0.29) is 18.7 Å². The van der Waals surface area contributed by atoms with Crippen molar-refractivity contribution in [2.24, 2.45) is 5.73 Å². The van der Waals surface area contributed by atoms with E-state index in [2.05, 4.69) is 0 Å². The number of nitrogens with two attached hydrogens (primary N) is 1. The Hall–Kier alpha value is -0.810. The number of hydrogen-bond donors (Lipinski definition) is 2. The first-order valence-electron chi connectivity index (χ1n) is 5.73. The van der Waals surface area contributed by atoms with Crippen LogP contribution in [0.2, 0.25) is 0 Å². The molecule has 0 aliphatic carbocycles. The molecule has 1 amide bonds. The van der Waals surface area contributed by atoms with Crippen molar-refractivity contribution < 1.29 is 14.6 Å². The van der Waals surface area contributed by atoms with Crippen molar-refractivity contribution in [3.8, 4) is 0 Å². The van der Waals surface area contributed by atoms with Gasteiger partial charge in [-0.2, -0.15) is 0 Å². The smallest absolute Gasteiger partial charge is 0.410 e. The van der Waals surface area contributed by atoms with Crippen LogP contribution in [-0.2, 0) is 4.74 Å². The van der Waals surface area contributed by atoms with E-state index in [1.807, 2.05) is 20.8 Å². The van der Waals surface area contributed by atoms with Crippen molar-refractivity contribution in [1.29, 1.82) is 0 Å². The molecule has 94 valence electrons. The third-order valence-electron chi connectivity index (χ3n) is 2.61. The van der Waals surface area contributed by atoms with E-state index < -0.39 is 11.7 Å². The van der Waals surface area contributed by atoms with Crippen molar-refractivity contribution in [3.05, 3.63) is 0 Å². The minimum Gasteiger partial charge on any atom is -0.444 e. The summed E-state index contributed by atoms with van der Waals surface area (Å²) in [6.45, 7) is 6.29. The number of aliphatic hydroxyl groups excluding tert-OH is 1. The quantitative estimate of drug-likeness (QED) is 0.732. The van der Waals surface area contributed by atoms with Crippen LogP contribution in [0.15, 0.2) is 0 Å². The van der Waals surface area contributed by atoms with E-state index in [9.17, 15) is 9.90 Å². The molecular formula is C11H22N2O3. The van der Waals surface area contributed by atoms with Gasteiger partial charge < -0.3 is 20.5 Å². The van der Waals surface area contributed by atoms with Gasteiger partial charge in [0.1, 0.15) is 5.60 Å². The van der Waals surface area contributed by atoms with Crippen LogP contribution in [0.3, 0.4) is 0 Å². The van der Waals surface area contributed by atoms with Gasteiger partial charge in [-0.3, -0.25) is 0 Å². The Kier molecular flexibility index (Phi) is 4.15. The Morgan fingerprint density at radius 1 is 1.62 bits per heavy atom. The Bertz CT molecular complexity index is 250. The minimum atomic E-state index is -0.657. The Balaban J connectivity index is 2.61. The molecular weight excluding hydrogens is 208 g/mol. The lowest BCUT2D eigenvalue weighted by Crippen LogP contribution is -2.47. The third-order valence-corrected chi connectivity index (χ3v) is 2.61. The molecule has 1 aliphatic heterocycles. The van der Waals surface area contributed by atoms with Gasteiger partial charge in [0.2, 0.25) is 0 Å². The number of hydrogen-bond acceptors (Lipinski definition) is 4. The SMILES string of the molecule is CC(C)(C)OC(=O)N1CCC[C@H]1C(O)CN. The Morgan fingerprint density at radius 2 is 2.25 bits per heavy atom. The highest BCUT2D eigenvalue weighted by atomic mass is 16.6. The van der Waals surface area contributed by atoms with Gasteiger partial charge in [0, 0.05) is 13.1 Å². The average molecular weight is 230 g/mol. The summed E-state index contributed by atoms with van der Waals surface area (Å²) in [6.07, 6.45) is 0.663. The van der Waals surface area contributed by atoms with Gasteiger partial charge in [-0.1, -0.05) is 0 Å². The van der Waals surface area contributed by atoms with Crippen LogP contribution in [-0.4, -0.2) is 46.9 Å². The maximum Gasteiger partial charge on any atom is 0.410 e. The van der Waals surface area contributed by atoms with Gasteiger partial charge >= 0.3 is 6.09 Å². The van der Waals surface area contributed by atoms with Crippen LogP contribution in [0.25, 0.3) is 0 Å². The number of amides is 1. The van der Waals surface area contributed by atoms with Crippen molar-refractivity contribution in [2.45, 2.75) is 51.4 Å². The highest BCUT2D eigenvalue weighted by Gasteiger charge is 2.35. The predicted octanol–water partition coefficient (Wildman–Crippen LogP) is 0.706. The van der Waals surface area contributed by atoms with E-state index in [0.717, 1.165) is 12.8 Å². The maximum absolute atomic E-state index is 11.8. The monoisotopic (exact) mass is 230 g/mol. The molecule has 1 heterocycles. The molecule has 5 heteroatoms. The topological polar surface area (TPSA) is 75.8 Å². The van der Waals surface area contributed by atoms with Crippen molar-refractivity contribution in [2.75, 3.05) is 13.1 Å². The van der Waals surface area contributed by atoms with Gasteiger partial charge in [-0.25, -0.2) is 4.79 Å². The van der Waals surface area contributed by atoms with Gasteiger partial charge in [0.25, 0.3) is 0 Å². The van der Waals surface area contributed by atoms with Crippen LogP contribution >= 0.6 is 0 Å². The lowest BCUT2D eigenvalue weighted by molar-refractivity contribution is 0.00671. The van der Waals surface area contributed by atoms with Crippen molar-refractivity contribution in [3.63, 3.8) is 0 Å². The zero-order valence-corrected chi connectivity index (χ0v) is 10.3. The number of aliphatic hydroxyl groups is 1. The molecule has 3 N–H and O–H groups in total. The Labute approximate surface area is 96.6 Å². The van der Waals surface area contributed by atoms with Gasteiger partial charge in [-0.05, 0) is 33.6 Å². The lowest BCUT2D eigenvalue weighted by atomic mass is 10.1. The number of likely N-dealkylation sites (tertiary alicyclic amines) is 1. The number of carbonyl (C=O) groups excluding carboxylic acids is 1. The zero-order chi connectivity index (χ0) is 12.3. The fourth-order valence-electron chi connectivity index (χ4n) is 1.90. The largest absolute Gasteiger partial charge is 0.444 e. The van der Waals surface area contributed by atoms with Gasteiger partial charge in [-0.15, -0.1) is 0 Å². The molecule has 0 saturated carbocycles. The average Bonchev–Trinajstić information content (AvgIpc) is 2.62. The molecule has 1 fully saturated rings. The third kappa shape index (κ3) is 3.35. The summed E-state index contributed by atoms with van der Waals surface area (Å²) in [4.78, 5) is 13.4. The lowest BCUT2D eigenvalue weighted by Gasteiger charge is -2.30. The first-order chi connectivity index (χ1) is 7.35. The van der Waals surface area contributed by atoms with Crippen LogP contribution in [0.5, 0.6) is 0 Å². The molecule has 1 unspecified atom stereocenters. The molecule has 0 spiro atoms. The zero-order valence-electron chi connectivity index (χ0n) is 10.3. The number of rotatable bonds is 2. The summed E-state index contributed by atoms with van der Waals surface area (Å²) in [7, 11) is 0. The van der Waals surface area contributed by atoms with Crippen LogP contribution in [0.4, 0.5) is 4.79 Å². The van der Waals surface area contributed by atoms with Gasteiger partial charge in [0.05, 0.1) is 12.1 Å². The minimum absolute atomic E-state index is 0.171. The second-order valence-corrected chi connectivity index (χ2v) is 5.19. The molecule has 1 rings (SSSR count). The fourth-order valence-corrected chi connectivity index (χ4v) is 1.90. The molecule has 5 nitrogen and oxygen atoms in total. The second kappa shape index (κ2) is 5.01. The van der Waals surface area contributed by atoms with Gasteiger partial charge in [0.15, 0.2) is 0 Å². The summed E-state index contributed by atoms with van der Waals surface area (Å²) in [5, 5.41) is 9.70. The maximum atomic E-state index is 11.8. The summed E-state index contributed by atoms with van der Waals surface area (Å²) in [6, 6.07) is -0.195. The molecule has 0 bridgehead atoms. The van der Waals surface area contributed by atoms with E-state index in [1.165, 1.54) is 0 Å². The summed E-state index contributed by atoms with van der Waals surface area (Å²) < 4.78 is 5.28. The molecule has 0 aromatic heterocycles. The molecule has 16 heavy (non-hydrogen) atoms. The Morgan fingerprint density at radius 3 is 2.75 bits per heavy atom. The highest BCUT2D eigenvalue weighted by molar-refractivity contribution is 5.69. The summed E-state index contributed by atoms with van der Waals surface area (Å²) >= 11 is 0. The highest BCUT2D eigenvalue weighted by Crippen LogP contribution is 2.22. The predicted molar refractivity (Wildman–Crippen MR) is 61.0 cm³/mol. The van der Waals surface area contributed by atoms with E-state index in [1.54, 1.807) is 4.90 Å². The standard InChI is InChI=1S/C11H22N2O3/c1-11(2,3)16-10(15)13-6-4-5-8(13)9(14)7-12/h8-9,14H,4-7,12H2,1-3H3/t8-,9?/m0/s1. The number of carbonyl (C=O) groups is 1. The van der Waals surface area contributed by atoms with E-state index >= 15 is 0 Å². The normalized spacial score (nSPS) is 23.3. The first-order valence-corrected chi connectivity index (χ1v) is 5.73.